The lowest BCUT2D eigenvalue weighted by Gasteiger charge is -2.36. The predicted molar refractivity (Wildman–Crippen MR) is 147 cm³/mol. The molecule has 0 nitrogen and oxygen atoms in total. The molecule has 0 N–H and O–H groups in total. The smallest absolute Gasteiger partial charge is 0.0169 e. The Morgan fingerprint density at radius 2 is 1.76 bits per heavy atom. The van der Waals surface area contributed by atoms with Gasteiger partial charge in [0, 0.05) is 11.8 Å². The number of hydrogen-bond donors (Lipinski definition) is 0. The van der Waals surface area contributed by atoms with E-state index in [1.54, 1.807) is 0 Å². The number of benzene rings is 2. The largest absolute Gasteiger partial charge is 0.0955 e. The average molecular weight is 443 g/mol. The van der Waals surface area contributed by atoms with Crippen LogP contribution in [0.4, 0.5) is 0 Å². The maximum atomic E-state index is 4.68. The molecule has 0 heteroatoms. The van der Waals surface area contributed by atoms with Crippen molar-refractivity contribution in [2.45, 2.75) is 39.5 Å². The first-order chi connectivity index (χ1) is 16.6. The van der Waals surface area contributed by atoms with Gasteiger partial charge in [-0.3, -0.25) is 0 Å². The molecule has 0 aliphatic heterocycles. The molecule has 2 atom stereocenters. The van der Waals surface area contributed by atoms with Crippen molar-refractivity contribution in [3.05, 3.63) is 142 Å². The van der Waals surface area contributed by atoms with Crippen LogP contribution in [0.25, 0.3) is 11.6 Å². The minimum absolute atomic E-state index is 0.306. The first-order valence-electron chi connectivity index (χ1n) is 12.6. The molecule has 0 saturated heterocycles. The number of hydrogen-bond acceptors (Lipinski definition) is 0. The van der Waals surface area contributed by atoms with Gasteiger partial charge in [-0.1, -0.05) is 134 Å². The van der Waals surface area contributed by atoms with E-state index in [9.17, 15) is 0 Å². The quantitative estimate of drug-likeness (QED) is 0.418. The Morgan fingerprint density at radius 1 is 1.00 bits per heavy atom. The molecule has 0 aromatic heterocycles. The lowest BCUT2D eigenvalue weighted by Crippen LogP contribution is -2.24. The van der Waals surface area contributed by atoms with E-state index in [0.717, 1.165) is 25.7 Å². The summed E-state index contributed by atoms with van der Waals surface area (Å²) in [4.78, 5) is 0. The first kappa shape index (κ1) is 22.4. The molecule has 0 heterocycles. The second-order valence-electron chi connectivity index (χ2n) is 9.88. The third-order valence-electron chi connectivity index (χ3n) is 7.48. The monoisotopic (exact) mass is 442 g/mol. The third kappa shape index (κ3) is 4.14. The Morgan fingerprint density at radius 3 is 2.44 bits per heavy atom. The number of rotatable bonds is 6. The summed E-state index contributed by atoms with van der Waals surface area (Å²) in [5.41, 5.74) is 13.5. The lowest BCUT2D eigenvalue weighted by atomic mass is 9.67. The molecule has 3 aliphatic carbocycles. The van der Waals surface area contributed by atoms with Gasteiger partial charge in [-0.2, -0.15) is 0 Å². The molecule has 170 valence electrons. The van der Waals surface area contributed by atoms with Crippen LogP contribution in [0.1, 0.15) is 49.3 Å². The molecule has 1 saturated carbocycles. The van der Waals surface area contributed by atoms with Crippen LogP contribution in [0.2, 0.25) is 0 Å². The van der Waals surface area contributed by atoms with E-state index in [1.165, 1.54) is 55.7 Å². The zero-order valence-electron chi connectivity index (χ0n) is 20.5. The molecular weight excluding hydrogens is 408 g/mol. The zero-order valence-corrected chi connectivity index (χ0v) is 20.5. The van der Waals surface area contributed by atoms with Gasteiger partial charge in [0.25, 0.3) is 0 Å². The summed E-state index contributed by atoms with van der Waals surface area (Å²) in [5.74, 6) is 0.625. The number of aryl methyl sites for hydroxylation is 1. The summed E-state index contributed by atoms with van der Waals surface area (Å²) in [6.07, 6.45) is 15.8. The van der Waals surface area contributed by atoms with E-state index in [1.807, 2.05) is 0 Å². The number of allylic oxidation sites excluding steroid dienone is 11. The highest BCUT2D eigenvalue weighted by molar-refractivity contribution is 5.85. The first-order valence-corrected chi connectivity index (χ1v) is 12.6. The predicted octanol–water partition coefficient (Wildman–Crippen LogP) is 9.21. The average Bonchev–Trinajstić information content (AvgIpc) is 3.49. The fourth-order valence-corrected chi connectivity index (χ4v) is 5.83. The van der Waals surface area contributed by atoms with Crippen molar-refractivity contribution >= 4 is 11.6 Å². The van der Waals surface area contributed by atoms with Crippen LogP contribution in [-0.2, 0) is 0 Å². The second-order valence-corrected chi connectivity index (χ2v) is 9.88. The Bertz CT molecular complexity index is 1270. The molecule has 2 unspecified atom stereocenters. The molecule has 0 spiro atoms. The van der Waals surface area contributed by atoms with Crippen molar-refractivity contribution in [2.24, 2.45) is 11.8 Å². The van der Waals surface area contributed by atoms with Crippen LogP contribution in [0.5, 0.6) is 0 Å². The van der Waals surface area contributed by atoms with Crippen molar-refractivity contribution in [1.82, 2.24) is 0 Å². The highest BCUT2D eigenvalue weighted by Gasteiger charge is 2.42. The van der Waals surface area contributed by atoms with E-state index in [2.05, 4.69) is 112 Å². The molecule has 0 bridgehead atoms. The maximum absolute atomic E-state index is 4.68. The van der Waals surface area contributed by atoms with Crippen molar-refractivity contribution in [1.29, 1.82) is 0 Å². The maximum Gasteiger partial charge on any atom is 0.0169 e. The Balaban J connectivity index is 1.65. The minimum Gasteiger partial charge on any atom is -0.0955 e. The molecule has 3 aliphatic rings. The van der Waals surface area contributed by atoms with E-state index >= 15 is 0 Å². The van der Waals surface area contributed by atoms with Gasteiger partial charge in [0.2, 0.25) is 0 Å². The van der Waals surface area contributed by atoms with Crippen molar-refractivity contribution in [2.75, 3.05) is 0 Å². The highest BCUT2D eigenvalue weighted by atomic mass is 14.5. The fraction of sp³-hybridized carbons (Fsp3) is 0.235. The highest BCUT2D eigenvalue weighted by Crippen LogP contribution is 2.55. The van der Waals surface area contributed by atoms with Gasteiger partial charge in [0.05, 0.1) is 0 Å². The summed E-state index contributed by atoms with van der Waals surface area (Å²) in [6.45, 7) is 13.7. The Kier molecular flexibility index (Phi) is 6.24. The zero-order chi connectivity index (χ0) is 23.7. The van der Waals surface area contributed by atoms with Crippen LogP contribution in [0, 0.1) is 18.8 Å². The van der Waals surface area contributed by atoms with Gasteiger partial charge < -0.3 is 0 Å². The van der Waals surface area contributed by atoms with Crippen molar-refractivity contribution in [3.8, 4) is 0 Å². The van der Waals surface area contributed by atoms with E-state index in [-0.39, 0.29) is 0 Å². The van der Waals surface area contributed by atoms with E-state index in [4.69, 9.17) is 0 Å². The van der Waals surface area contributed by atoms with E-state index < -0.39 is 0 Å². The van der Waals surface area contributed by atoms with Gasteiger partial charge in [0.1, 0.15) is 0 Å². The Hall–Kier alpha value is -3.38. The van der Waals surface area contributed by atoms with Crippen molar-refractivity contribution in [3.63, 3.8) is 0 Å². The molecule has 1 fully saturated rings. The molecule has 5 rings (SSSR count). The van der Waals surface area contributed by atoms with Crippen LogP contribution in [0.3, 0.4) is 0 Å². The van der Waals surface area contributed by atoms with Gasteiger partial charge in [0.15, 0.2) is 0 Å². The molecule has 2 aromatic rings. The summed E-state index contributed by atoms with van der Waals surface area (Å²) in [6, 6.07) is 19.7. The molecule has 34 heavy (non-hydrogen) atoms. The second kappa shape index (κ2) is 9.47. The number of fused-ring (bicyclic) bond motifs is 1. The summed E-state index contributed by atoms with van der Waals surface area (Å²) >= 11 is 0. The van der Waals surface area contributed by atoms with Gasteiger partial charge in [-0.25, -0.2) is 0 Å². The van der Waals surface area contributed by atoms with Gasteiger partial charge in [-0.15, -0.1) is 0 Å². The SMILES string of the molecule is C=C(CCC)C1=C(c2ccccc2)C=C2C/C(=C/c3ccc(C)cc3)C(=C)C2C1C1=CC=CC1. The van der Waals surface area contributed by atoms with Crippen LogP contribution >= 0.6 is 0 Å². The molecule has 0 amide bonds. The summed E-state index contributed by atoms with van der Waals surface area (Å²) in [5, 5.41) is 0. The molecule has 0 radical (unpaired) electrons. The van der Waals surface area contributed by atoms with Crippen LogP contribution in [0.15, 0.2) is 125 Å². The van der Waals surface area contributed by atoms with Gasteiger partial charge in [-0.05, 0) is 59.6 Å². The van der Waals surface area contributed by atoms with E-state index in [0.29, 0.717) is 11.8 Å². The third-order valence-corrected chi connectivity index (χ3v) is 7.48. The normalized spacial score (nSPS) is 22.8. The van der Waals surface area contributed by atoms with Gasteiger partial charge >= 0.3 is 0 Å². The van der Waals surface area contributed by atoms with Crippen LogP contribution in [-0.4, -0.2) is 0 Å². The lowest BCUT2D eigenvalue weighted by molar-refractivity contribution is 0.564. The van der Waals surface area contributed by atoms with Crippen LogP contribution < -0.4 is 0 Å². The molecular formula is C34H34. The minimum atomic E-state index is 0.306. The summed E-state index contributed by atoms with van der Waals surface area (Å²) in [7, 11) is 0. The standard InChI is InChI=1S/C34H34/c1-5-11-24(3)32-31(27-12-7-6-8-13-27)22-30-21-29(20-26-18-16-23(2)17-19-26)25(4)33(30)34(32)28-14-9-10-15-28/h6-10,12-14,16-20,22,33-34H,3-5,11,15,21H2,1-2H3/b29-20-. The molecule has 2 aromatic carbocycles. The van der Waals surface area contributed by atoms with Crippen molar-refractivity contribution < 1.29 is 0 Å². The Labute approximate surface area is 205 Å². The summed E-state index contributed by atoms with van der Waals surface area (Å²) < 4.78 is 0. The topological polar surface area (TPSA) is 0 Å². The fourth-order valence-electron chi connectivity index (χ4n) is 5.83.